The van der Waals surface area contributed by atoms with Crippen LogP contribution in [-0.4, -0.2) is 39.9 Å². The third kappa shape index (κ3) is 9.12. The molecule has 10 heteroatoms. The van der Waals surface area contributed by atoms with Crippen molar-refractivity contribution in [2.75, 3.05) is 0 Å². The highest BCUT2D eigenvalue weighted by atomic mass is 35.5. The third-order valence-corrected chi connectivity index (χ3v) is 10.2. The average Bonchev–Trinajstić information content (AvgIpc) is 3.62. The second-order valence-corrected chi connectivity index (χ2v) is 15.2. The fourth-order valence-electron chi connectivity index (χ4n) is 6.93. The molecule has 8 nitrogen and oxygen atoms in total. The Kier molecular flexibility index (Phi) is 11.2. The fraction of sp³-hybridized carbons (Fsp3) is 0.357. The number of rotatable bonds is 11. The van der Waals surface area contributed by atoms with Crippen molar-refractivity contribution in [3.8, 4) is 23.0 Å². The van der Waals surface area contributed by atoms with Gasteiger partial charge in [-0.05, 0) is 95.0 Å². The first-order chi connectivity index (χ1) is 24.8. The number of nitrogens with one attached hydrogen (secondary N) is 1. The van der Waals surface area contributed by atoms with Crippen LogP contribution >= 0.6 is 11.6 Å². The van der Waals surface area contributed by atoms with Gasteiger partial charge in [-0.15, -0.1) is 0 Å². The molecule has 1 aliphatic carbocycles. The molecule has 0 unspecified atom stereocenters. The minimum Gasteiger partial charge on any atom is -0.480 e. The van der Waals surface area contributed by atoms with Crippen molar-refractivity contribution >= 4 is 29.4 Å². The minimum absolute atomic E-state index is 0.00898. The molecule has 4 aromatic rings. The molecule has 1 fully saturated rings. The first-order valence-electron chi connectivity index (χ1n) is 17.8. The van der Waals surface area contributed by atoms with Gasteiger partial charge in [0.05, 0.1) is 5.02 Å². The standard InChI is InChI=1S/C42H44ClFN2O6/c1-42(2,3)30-11-16-32(17-12-30)51-33-15-10-28-25-46(39(47)21-26-6-4-5-7-26)38(23-29(28)22-33)40(48)45-37(41(49)50)20-27-8-13-31(14-9-27)52-34-18-19-36(44)35(43)24-34/h8-19,22,24,26,37-38H,4-7,20-21,23,25H2,1-3H3,(H,45,48)(H,49,50)/t37-,38-/m0/s1. The molecule has 0 radical (unpaired) electrons. The zero-order valence-corrected chi connectivity index (χ0v) is 30.4. The molecular weight excluding hydrogens is 683 g/mol. The number of carbonyl (C=O) groups is 3. The van der Waals surface area contributed by atoms with E-state index in [1.807, 2.05) is 42.5 Å². The molecule has 0 aromatic heterocycles. The van der Waals surface area contributed by atoms with E-state index in [2.05, 4.69) is 26.1 Å². The van der Waals surface area contributed by atoms with Crippen LogP contribution < -0.4 is 14.8 Å². The van der Waals surface area contributed by atoms with Gasteiger partial charge < -0.3 is 24.8 Å². The molecule has 272 valence electrons. The number of nitrogens with zero attached hydrogens (tertiary/aromatic N) is 1. The number of benzene rings is 4. The largest absolute Gasteiger partial charge is 0.480 e. The number of carboxylic acid groups (broad SMARTS) is 1. The second kappa shape index (κ2) is 15.8. The summed E-state index contributed by atoms with van der Waals surface area (Å²) in [6.45, 7) is 6.71. The monoisotopic (exact) mass is 726 g/mol. The Bertz CT molecular complexity index is 1920. The Labute approximate surface area is 308 Å². The van der Waals surface area contributed by atoms with E-state index in [1.54, 1.807) is 29.2 Å². The van der Waals surface area contributed by atoms with E-state index in [1.165, 1.54) is 23.8 Å². The van der Waals surface area contributed by atoms with E-state index in [0.29, 0.717) is 35.0 Å². The molecule has 52 heavy (non-hydrogen) atoms. The minimum atomic E-state index is -1.24. The van der Waals surface area contributed by atoms with Crippen molar-refractivity contribution in [3.05, 3.63) is 118 Å². The molecule has 2 amide bonds. The van der Waals surface area contributed by atoms with E-state index in [-0.39, 0.29) is 41.6 Å². The SMILES string of the molecule is CC(C)(C)c1ccc(Oc2ccc3c(c2)C[C@@H](C(=O)N[C@@H](Cc2ccc(Oc4ccc(F)c(Cl)c4)cc2)C(=O)O)N(C(=O)CC2CCCC2)C3)cc1. The number of fused-ring (bicyclic) bond motifs is 1. The second-order valence-electron chi connectivity index (χ2n) is 14.8. The van der Waals surface area contributed by atoms with Gasteiger partial charge in [-0.1, -0.05) is 75.5 Å². The molecule has 2 N–H and O–H groups in total. The van der Waals surface area contributed by atoms with Crippen LogP contribution in [-0.2, 0) is 39.2 Å². The van der Waals surface area contributed by atoms with Gasteiger partial charge in [-0.3, -0.25) is 9.59 Å². The summed E-state index contributed by atoms with van der Waals surface area (Å²) < 4.78 is 25.5. The van der Waals surface area contributed by atoms with Gasteiger partial charge >= 0.3 is 5.97 Å². The van der Waals surface area contributed by atoms with Gasteiger partial charge in [0.25, 0.3) is 0 Å². The molecule has 6 rings (SSSR count). The van der Waals surface area contributed by atoms with Crippen molar-refractivity contribution < 1.29 is 33.4 Å². The Hall–Kier alpha value is -4.89. The summed E-state index contributed by atoms with van der Waals surface area (Å²) >= 11 is 5.86. The molecule has 0 bridgehead atoms. The number of halogens is 2. The molecular formula is C42H44ClFN2O6. The van der Waals surface area contributed by atoms with Crippen LogP contribution in [0.4, 0.5) is 4.39 Å². The van der Waals surface area contributed by atoms with Crippen molar-refractivity contribution in [2.45, 2.75) is 89.8 Å². The Morgan fingerprint density at radius 3 is 2.08 bits per heavy atom. The number of carbonyl (C=O) groups excluding carboxylic acids is 2. The van der Waals surface area contributed by atoms with Crippen LogP contribution in [0.1, 0.15) is 75.1 Å². The predicted octanol–water partition coefficient (Wildman–Crippen LogP) is 9.01. The van der Waals surface area contributed by atoms with Gasteiger partial charge in [0.2, 0.25) is 11.8 Å². The third-order valence-electron chi connectivity index (χ3n) is 9.93. The van der Waals surface area contributed by atoms with Crippen LogP contribution in [0.2, 0.25) is 5.02 Å². The number of hydrogen-bond donors (Lipinski definition) is 2. The Balaban J connectivity index is 1.17. The van der Waals surface area contributed by atoms with Crippen molar-refractivity contribution in [1.29, 1.82) is 0 Å². The van der Waals surface area contributed by atoms with Crippen LogP contribution in [0, 0.1) is 11.7 Å². The van der Waals surface area contributed by atoms with E-state index in [9.17, 15) is 23.9 Å². The number of carboxylic acids is 1. The molecule has 2 aliphatic rings. The van der Waals surface area contributed by atoms with E-state index in [0.717, 1.165) is 36.8 Å². The maximum atomic E-state index is 14.0. The smallest absolute Gasteiger partial charge is 0.326 e. The topological polar surface area (TPSA) is 105 Å². The summed E-state index contributed by atoms with van der Waals surface area (Å²) in [4.78, 5) is 41.8. The summed E-state index contributed by atoms with van der Waals surface area (Å²) in [6, 6.07) is 22.3. The molecule has 4 aromatic carbocycles. The molecule has 1 heterocycles. The van der Waals surface area contributed by atoms with Crippen LogP contribution in [0.5, 0.6) is 23.0 Å². The summed E-state index contributed by atoms with van der Waals surface area (Å²) in [6.07, 6.45) is 4.78. The predicted molar refractivity (Wildman–Crippen MR) is 197 cm³/mol. The zero-order chi connectivity index (χ0) is 37.0. The maximum absolute atomic E-state index is 14.0. The molecule has 1 aliphatic heterocycles. The van der Waals surface area contributed by atoms with Crippen LogP contribution in [0.3, 0.4) is 0 Å². The van der Waals surface area contributed by atoms with E-state index < -0.39 is 29.8 Å². The van der Waals surface area contributed by atoms with Gasteiger partial charge in [0, 0.05) is 31.9 Å². The highest BCUT2D eigenvalue weighted by molar-refractivity contribution is 6.30. The number of amides is 2. The summed E-state index contributed by atoms with van der Waals surface area (Å²) in [5, 5.41) is 12.8. The van der Waals surface area contributed by atoms with Crippen molar-refractivity contribution in [1.82, 2.24) is 10.2 Å². The lowest BCUT2D eigenvalue weighted by atomic mass is 9.87. The molecule has 0 saturated heterocycles. The fourth-order valence-corrected chi connectivity index (χ4v) is 7.10. The lowest BCUT2D eigenvalue weighted by molar-refractivity contribution is -0.145. The number of hydrogen-bond acceptors (Lipinski definition) is 5. The highest BCUT2D eigenvalue weighted by Gasteiger charge is 2.37. The molecule has 0 spiro atoms. The average molecular weight is 727 g/mol. The van der Waals surface area contributed by atoms with Crippen molar-refractivity contribution in [2.24, 2.45) is 5.92 Å². The van der Waals surface area contributed by atoms with Crippen LogP contribution in [0.15, 0.2) is 84.9 Å². The molecule has 1 saturated carbocycles. The zero-order valence-electron chi connectivity index (χ0n) is 29.7. The quantitative estimate of drug-likeness (QED) is 0.160. The summed E-state index contributed by atoms with van der Waals surface area (Å²) in [5.41, 5.74) is 3.66. The van der Waals surface area contributed by atoms with Gasteiger partial charge in [0.15, 0.2) is 0 Å². The lowest BCUT2D eigenvalue weighted by Crippen LogP contribution is -2.56. The van der Waals surface area contributed by atoms with E-state index in [4.69, 9.17) is 21.1 Å². The lowest BCUT2D eigenvalue weighted by Gasteiger charge is -2.37. The number of ether oxygens (including phenoxy) is 2. The Morgan fingerprint density at radius 2 is 1.46 bits per heavy atom. The van der Waals surface area contributed by atoms with Gasteiger partial charge in [0.1, 0.15) is 40.9 Å². The van der Waals surface area contributed by atoms with Gasteiger partial charge in [-0.25, -0.2) is 9.18 Å². The van der Waals surface area contributed by atoms with Crippen LogP contribution in [0.25, 0.3) is 0 Å². The first-order valence-corrected chi connectivity index (χ1v) is 18.1. The first kappa shape index (κ1) is 36.9. The normalized spacial score (nSPS) is 16.6. The van der Waals surface area contributed by atoms with Gasteiger partial charge in [-0.2, -0.15) is 0 Å². The molecule has 2 atom stereocenters. The number of aliphatic carboxylic acids is 1. The highest BCUT2D eigenvalue weighted by Crippen LogP contribution is 2.34. The maximum Gasteiger partial charge on any atom is 0.326 e. The Morgan fingerprint density at radius 1 is 0.865 bits per heavy atom. The summed E-state index contributed by atoms with van der Waals surface area (Å²) in [7, 11) is 0. The van der Waals surface area contributed by atoms with E-state index >= 15 is 0 Å². The van der Waals surface area contributed by atoms with Crippen molar-refractivity contribution in [3.63, 3.8) is 0 Å². The summed E-state index contributed by atoms with van der Waals surface area (Å²) in [5.74, 6) is 0.0351.